The van der Waals surface area contributed by atoms with E-state index in [0.29, 0.717) is 17.7 Å². The van der Waals surface area contributed by atoms with Crippen molar-refractivity contribution in [2.24, 2.45) is 0 Å². The van der Waals surface area contributed by atoms with Crippen molar-refractivity contribution in [1.82, 2.24) is 0 Å². The first-order valence-corrected chi connectivity index (χ1v) is 11.5. The molecule has 1 aliphatic carbocycles. The third-order valence-electron chi connectivity index (χ3n) is 6.15. The zero-order valence-electron chi connectivity index (χ0n) is 19.3. The van der Waals surface area contributed by atoms with Gasteiger partial charge >= 0.3 is 0 Å². The van der Waals surface area contributed by atoms with Crippen molar-refractivity contribution >= 4 is 11.5 Å². The Hall–Kier alpha value is -4.42. The van der Waals surface area contributed by atoms with E-state index < -0.39 is 17.2 Å². The first-order chi connectivity index (χ1) is 17.1. The first-order valence-electron chi connectivity index (χ1n) is 11.5. The van der Waals surface area contributed by atoms with E-state index in [1.807, 2.05) is 78.9 Å². The maximum absolute atomic E-state index is 14.6. The molecule has 170 valence electrons. The summed E-state index contributed by atoms with van der Waals surface area (Å²) in [5, 5.41) is 0. The summed E-state index contributed by atoms with van der Waals surface area (Å²) in [6.45, 7) is 1.72. The summed E-state index contributed by atoms with van der Waals surface area (Å²) in [5.74, 6) is 5.94. The lowest BCUT2D eigenvalue weighted by atomic mass is 9.73. The van der Waals surface area contributed by atoms with Gasteiger partial charge in [-0.1, -0.05) is 90.8 Å². The SMILES string of the molecule is Cc1cccc(F)c1C(=O)/C=C(\O[C@@]1(C#Cc2ccccc2)Cc2ccccc21)c1ccccc1. The average molecular weight is 459 g/mol. The minimum atomic E-state index is -0.918. The van der Waals surface area contributed by atoms with Gasteiger partial charge in [0.1, 0.15) is 11.6 Å². The number of benzene rings is 4. The van der Waals surface area contributed by atoms with Gasteiger partial charge in [0, 0.05) is 29.2 Å². The van der Waals surface area contributed by atoms with Crippen molar-refractivity contribution in [1.29, 1.82) is 0 Å². The summed E-state index contributed by atoms with van der Waals surface area (Å²) in [5.41, 5.74) is 3.43. The summed E-state index contributed by atoms with van der Waals surface area (Å²) < 4.78 is 21.2. The zero-order chi connectivity index (χ0) is 24.3. The van der Waals surface area contributed by atoms with Crippen LogP contribution in [0.25, 0.3) is 5.76 Å². The van der Waals surface area contributed by atoms with Crippen molar-refractivity contribution in [2.75, 3.05) is 0 Å². The van der Waals surface area contributed by atoms with Gasteiger partial charge in [-0.3, -0.25) is 4.79 Å². The molecule has 0 fully saturated rings. The van der Waals surface area contributed by atoms with Crippen LogP contribution < -0.4 is 0 Å². The summed E-state index contributed by atoms with van der Waals surface area (Å²) in [4.78, 5) is 13.3. The molecule has 0 aliphatic heterocycles. The Morgan fingerprint density at radius 1 is 0.886 bits per heavy atom. The highest BCUT2D eigenvalue weighted by Crippen LogP contribution is 2.44. The minimum absolute atomic E-state index is 0.0444. The molecule has 5 rings (SSSR count). The predicted octanol–water partition coefficient (Wildman–Crippen LogP) is 6.88. The maximum atomic E-state index is 14.6. The number of ether oxygens (including phenoxy) is 1. The maximum Gasteiger partial charge on any atom is 0.199 e. The second-order valence-corrected chi connectivity index (χ2v) is 8.55. The lowest BCUT2D eigenvalue weighted by Crippen LogP contribution is -2.40. The molecule has 0 aromatic heterocycles. The van der Waals surface area contributed by atoms with Crippen molar-refractivity contribution < 1.29 is 13.9 Å². The van der Waals surface area contributed by atoms with Crippen molar-refractivity contribution in [2.45, 2.75) is 18.9 Å². The van der Waals surface area contributed by atoms with E-state index in [1.165, 1.54) is 12.1 Å². The summed E-state index contributed by atoms with van der Waals surface area (Å²) in [6, 6.07) is 31.7. The third-order valence-corrected chi connectivity index (χ3v) is 6.15. The van der Waals surface area contributed by atoms with Crippen LogP contribution in [0, 0.1) is 24.6 Å². The van der Waals surface area contributed by atoms with E-state index in [0.717, 1.165) is 22.3 Å². The van der Waals surface area contributed by atoms with E-state index in [9.17, 15) is 9.18 Å². The lowest BCUT2D eigenvalue weighted by molar-refractivity contribution is 0.0715. The van der Waals surface area contributed by atoms with Crippen molar-refractivity contribution in [3.05, 3.63) is 148 Å². The van der Waals surface area contributed by atoms with Gasteiger partial charge in [-0.2, -0.15) is 0 Å². The van der Waals surface area contributed by atoms with Gasteiger partial charge in [0.15, 0.2) is 11.4 Å². The smallest absolute Gasteiger partial charge is 0.199 e. The Kier molecular flexibility index (Phi) is 6.04. The standard InChI is InChI=1S/C32H23FO2/c1-23-11-10-18-28(33)31(23)29(34)21-30(25-14-6-3-7-15-25)35-32(20-19-24-12-4-2-5-13-24)22-26-16-8-9-17-27(26)32/h2-18,21H,22H2,1H3/b30-21-/t32-/m0/s1. The van der Waals surface area contributed by atoms with Gasteiger partial charge < -0.3 is 4.74 Å². The van der Waals surface area contributed by atoms with Crippen LogP contribution in [0.5, 0.6) is 0 Å². The van der Waals surface area contributed by atoms with Gasteiger partial charge in [-0.15, -0.1) is 0 Å². The number of allylic oxidation sites excluding steroid dienone is 1. The topological polar surface area (TPSA) is 26.3 Å². The number of rotatable bonds is 5. The Morgan fingerprint density at radius 3 is 2.29 bits per heavy atom. The molecule has 0 radical (unpaired) electrons. The fourth-order valence-corrected chi connectivity index (χ4v) is 4.34. The largest absolute Gasteiger partial charge is 0.469 e. The molecule has 2 nitrogen and oxygen atoms in total. The number of fused-ring (bicyclic) bond motifs is 1. The fourth-order valence-electron chi connectivity index (χ4n) is 4.34. The molecule has 35 heavy (non-hydrogen) atoms. The average Bonchev–Trinajstić information content (AvgIpc) is 2.87. The van der Waals surface area contributed by atoms with Gasteiger partial charge in [0.05, 0.1) is 5.56 Å². The predicted molar refractivity (Wildman–Crippen MR) is 136 cm³/mol. The molecule has 0 saturated carbocycles. The third kappa shape index (κ3) is 4.52. The van der Waals surface area contributed by atoms with Crippen LogP contribution in [-0.4, -0.2) is 5.78 Å². The summed E-state index contributed by atoms with van der Waals surface area (Å²) >= 11 is 0. The second kappa shape index (κ2) is 9.44. The van der Waals surface area contributed by atoms with Crippen LogP contribution in [0.1, 0.15) is 38.2 Å². The van der Waals surface area contributed by atoms with Crippen LogP contribution in [0.2, 0.25) is 0 Å². The highest BCUT2D eigenvalue weighted by Gasteiger charge is 2.44. The molecule has 4 aromatic rings. The highest BCUT2D eigenvalue weighted by atomic mass is 19.1. The van der Waals surface area contributed by atoms with E-state index in [4.69, 9.17) is 4.74 Å². The van der Waals surface area contributed by atoms with Crippen LogP contribution >= 0.6 is 0 Å². The molecule has 4 aromatic carbocycles. The Labute approximate surface area is 204 Å². The normalized spacial score (nSPS) is 16.3. The Balaban J connectivity index is 1.60. The number of carbonyl (C=O) groups is 1. The van der Waals surface area contributed by atoms with E-state index in [2.05, 4.69) is 17.9 Å². The van der Waals surface area contributed by atoms with E-state index in [-0.39, 0.29) is 5.56 Å². The molecule has 3 heteroatoms. The lowest BCUT2D eigenvalue weighted by Gasteiger charge is -2.40. The molecular weight excluding hydrogens is 435 g/mol. The van der Waals surface area contributed by atoms with Crippen molar-refractivity contribution in [3.8, 4) is 11.8 Å². The van der Waals surface area contributed by atoms with Crippen molar-refractivity contribution in [3.63, 3.8) is 0 Å². The van der Waals surface area contributed by atoms with Crippen LogP contribution in [0.3, 0.4) is 0 Å². The molecule has 0 amide bonds. The fraction of sp³-hybridized carbons (Fsp3) is 0.0938. The molecular formula is C32H23FO2. The van der Waals surface area contributed by atoms with Crippen LogP contribution in [-0.2, 0) is 16.8 Å². The highest BCUT2D eigenvalue weighted by molar-refractivity contribution is 6.09. The van der Waals surface area contributed by atoms with Gasteiger partial charge in [0.2, 0.25) is 0 Å². The molecule has 0 N–H and O–H groups in total. The van der Waals surface area contributed by atoms with E-state index in [1.54, 1.807) is 19.1 Å². The number of hydrogen-bond donors (Lipinski definition) is 0. The zero-order valence-corrected chi connectivity index (χ0v) is 19.3. The molecule has 0 bridgehead atoms. The Morgan fingerprint density at radius 2 is 1.57 bits per heavy atom. The molecule has 0 heterocycles. The van der Waals surface area contributed by atoms with Gasteiger partial charge in [-0.25, -0.2) is 4.39 Å². The monoisotopic (exact) mass is 458 g/mol. The summed E-state index contributed by atoms with van der Waals surface area (Å²) in [6.07, 6.45) is 1.97. The number of halogens is 1. The minimum Gasteiger partial charge on any atom is -0.469 e. The first kappa shape index (κ1) is 22.4. The Bertz CT molecular complexity index is 1460. The molecule has 0 saturated heterocycles. The van der Waals surface area contributed by atoms with Crippen LogP contribution in [0.4, 0.5) is 4.39 Å². The molecule has 1 atom stereocenters. The van der Waals surface area contributed by atoms with Crippen LogP contribution in [0.15, 0.2) is 109 Å². The van der Waals surface area contributed by atoms with Gasteiger partial charge in [-0.05, 0) is 42.2 Å². The molecule has 1 aliphatic rings. The molecule has 0 unspecified atom stereocenters. The summed E-state index contributed by atoms with van der Waals surface area (Å²) in [7, 11) is 0. The van der Waals surface area contributed by atoms with Gasteiger partial charge in [0.25, 0.3) is 0 Å². The van der Waals surface area contributed by atoms with E-state index >= 15 is 0 Å². The number of carbonyl (C=O) groups excluding carboxylic acids is 1. The molecule has 0 spiro atoms. The number of hydrogen-bond acceptors (Lipinski definition) is 2. The number of aryl methyl sites for hydroxylation is 1. The number of ketones is 1. The second-order valence-electron chi connectivity index (χ2n) is 8.55. The quantitative estimate of drug-likeness (QED) is 0.141.